The van der Waals surface area contributed by atoms with Gasteiger partial charge in [-0.15, -0.1) is 11.8 Å². The van der Waals surface area contributed by atoms with Gasteiger partial charge in [-0.3, -0.25) is 10.1 Å². The maximum absolute atomic E-state index is 11.7. The molecule has 0 aromatic heterocycles. The molecule has 1 rings (SSSR count). The Kier molecular flexibility index (Phi) is 3.17. The minimum Gasteiger partial charge on any atom is -0.465 e. The summed E-state index contributed by atoms with van der Waals surface area (Å²) in [5.41, 5.74) is 0. The lowest BCUT2D eigenvalue weighted by molar-refractivity contribution is -0.146. The quantitative estimate of drug-likeness (QED) is 0.715. The van der Waals surface area contributed by atoms with E-state index < -0.39 is 0 Å². The fraction of sp³-hybridized carbons (Fsp3) is 0.900. The van der Waals surface area contributed by atoms with E-state index in [1.165, 1.54) is 0 Å². The zero-order chi connectivity index (χ0) is 11.0. The van der Waals surface area contributed by atoms with Crippen LogP contribution >= 0.6 is 11.8 Å². The van der Waals surface area contributed by atoms with Crippen LogP contribution in [0.5, 0.6) is 0 Å². The highest BCUT2D eigenvalue weighted by Gasteiger charge is 2.49. The van der Waals surface area contributed by atoms with Crippen molar-refractivity contribution in [2.75, 3.05) is 6.61 Å². The number of hydrogen-bond acceptors (Lipinski definition) is 4. The van der Waals surface area contributed by atoms with Crippen LogP contribution in [0.2, 0.25) is 0 Å². The minimum absolute atomic E-state index is 0.0546. The Bertz CT molecular complexity index is 238. The van der Waals surface area contributed by atoms with Gasteiger partial charge < -0.3 is 4.74 Å². The van der Waals surface area contributed by atoms with E-state index in [0.29, 0.717) is 6.61 Å². The highest BCUT2D eigenvalue weighted by molar-refractivity contribution is 8.02. The van der Waals surface area contributed by atoms with Gasteiger partial charge in [-0.25, -0.2) is 0 Å². The summed E-state index contributed by atoms with van der Waals surface area (Å²) in [6.45, 7) is 10.6. The second-order valence-electron chi connectivity index (χ2n) is 4.55. The van der Waals surface area contributed by atoms with Gasteiger partial charge in [0.1, 0.15) is 6.04 Å². The molecule has 1 unspecified atom stereocenters. The number of thioether (sulfide) groups is 1. The third kappa shape index (κ3) is 2.42. The van der Waals surface area contributed by atoms with Gasteiger partial charge in [0.2, 0.25) is 0 Å². The summed E-state index contributed by atoms with van der Waals surface area (Å²) in [4.78, 5) is 11.6. The molecule has 82 valence electrons. The van der Waals surface area contributed by atoms with E-state index in [0.717, 1.165) is 0 Å². The fourth-order valence-corrected chi connectivity index (χ4v) is 3.60. The van der Waals surface area contributed by atoms with Crippen LogP contribution in [-0.4, -0.2) is 28.2 Å². The number of hydrogen-bond donors (Lipinski definition) is 1. The van der Waals surface area contributed by atoms with E-state index in [4.69, 9.17) is 4.74 Å². The molecule has 1 fully saturated rings. The Morgan fingerprint density at radius 1 is 1.43 bits per heavy atom. The number of rotatable bonds is 2. The summed E-state index contributed by atoms with van der Waals surface area (Å²) in [6.07, 6.45) is 0. The summed E-state index contributed by atoms with van der Waals surface area (Å²) in [5.74, 6) is -0.143. The van der Waals surface area contributed by atoms with E-state index in [2.05, 4.69) is 33.0 Å². The minimum atomic E-state index is -0.206. The number of carbonyl (C=O) groups is 1. The predicted molar refractivity (Wildman–Crippen MR) is 59.3 cm³/mol. The SMILES string of the molecule is CCOC(=O)C1NC(C)(C)SC1(C)C. The molecule has 0 aliphatic carbocycles. The first-order valence-electron chi connectivity index (χ1n) is 4.93. The van der Waals surface area contributed by atoms with Crippen molar-refractivity contribution in [1.82, 2.24) is 5.32 Å². The first-order chi connectivity index (χ1) is 6.28. The average Bonchev–Trinajstić information content (AvgIpc) is 2.19. The van der Waals surface area contributed by atoms with E-state index >= 15 is 0 Å². The zero-order valence-electron chi connectivity index (χ0n) is 9.51. The van der Waals surface area contributed by atoms with E-state index in [9.17, 15) is 4.79 Å². The van der Waals surface area contributed by atoms with Crippen molar-refractivity contribution in [2.24, 2.45) is 0 Å². The van der Waals surface area contributed by atoms with Crippen LogP contribution in [0.25, 0.3) is 0 Å². The first-order valence-corrected chi connectivity index (χ1v) is 5.74. The third-order valence-electron chi connectivity index (χ3n) is 2.23. The van der Waals surface area contributed by atoms with Crippen molar-refractivity contribution >= 4 is 17.7 Å². The van der Waals surface area contributed by atoms with Gasteiger partial charge in [0.05, 0.1) is 11.5 Å². The molecule has 1 atom stereocenters. The lowest BCUT2D eigenvalue weighted by Gasteiger charge is -2.23. The second-order valence-corrected chi connectivity index (χ2v) is 6.82. The van der Waals surface area contributed by atoms with Crippen molar-refractivity contribution < 1.29 is 9.53 Å². The number of nitrogens with one attached hydrogen (secondary N) is 1. The Morgan fingerprint density at radius 2 is 2.00 bits per heavy atom. The Hall–Kier alpha value is -0.220. The Balaban J connectivity index is 2.75. The molecular formula is C10H19NO2S. The molecule has 1 saturated heterocycles. The zero-order valence-corrected chi connectivity index (χ0v) is 10.3. The molecule has 4 heteroatoms. The molecule has 3 nitrogen and oxygen atoms in total. The summed E-state index contributed by atoms with van der Waals surface area (Å²) < 4.78 is 4.94. The van der Waals surface area contributed by atoms with Crippen molar-refractivity contribution in [2.45, 2.75) is 50.3 Å². The maximum atomic E-state index is 11.7. The standard InChI is InChI=1S/C10H19NO2S/c1-6-13-8(12)7-9(2,3)14-10(4,5)11-7/h7,11H,6H2,1-5H3. The average molecular weight is 217 g/mol. The van der Waals surface area contributed by atoms with Gasteiger partial charge in [0.15, 0.2) is 0 Å². The molecule has 0 bridgehead atoms. The normalized spacial score (nSPS) is 28.8. The van der Waals surface area contributed by atoms with Crippen molar-refractivity contribution in [1.29, 1.82) is 0 Å². The van der Waals surface area contributed by atoms with Gasteiger partial charge in [-0.05, 0) is 34.6 Å². The van der Waals surface area contributed by atoms with Crippen LogP contribution in [0.4, 0.5) is 0 Å². The third-order valence-corrected chi connectivity index (χ3v) is 3.62. The van der Waals surface area contributed by atoms with Crippen LogP contribution in [0.3, 0.4) is 0 Å². The number of esters is 1. The van der Waals surface area contributed by atoms with Gasteiger partial charge in [-0.1, -0.05) is 0 Å². The molecular weight excluding hydrogens is 198 g/mol. The van der Waals surface area contributed by atoms with Crippen molar-refractivity contribution in [3.63, 3.8) is 0 Å². The maximum Gasteiger partial charge on any atom is 0.324 e. The van der Waals surface area contributed by atoms with Gasteiger partial charge in [0, 0.05) is 4.75 Å². The lowest BCUT2D eigenvalue weighted by Crippen LogP contribution is -2.47. The largest absolute Gasteiger partial charge is 0.465 e. The highest BCUT2D eigenvalue weighted by atomic mass is 32.2. The van der Waals surface area contributed by atoms with Crippen LogP contribution in [-0.2, 0) is 9.53 Å². The lowest BCUT2D eigenvalue weighted by atomic mass is 10.0. The second kappa shape index (κ2) is 3.74. The summed E-state index contributed by atoms with van der Waals surface area (Å²) >= 11 is 1.78. The number of carbonyl (C=O) groups excluding carboxylic acids is 1. The van der Waals surface area contributed by atoms with Crippen molar-refractivity contribution in [3.05, 3.63) is 0 Å². The predicted octanol–water partition coefficient (Wildman–Crippen LogP) is 1.77. The molecule has 0 aromatic rings. The van der Waals surface area contributed by atoms with E-state index in [1.807, 2.05) is 6.92 Å². The van der Waals surface area contributed by atoms with Crippen molar-refractivity contribution in [3.8, 4) is 0 Å². The molecule has 0 spiro atoms. The molecule has 1 aliphatic rings. The fourth-order valence-electron chi connectivity index (χ4n) is 1.84. The van der Waals surface area contributed by atoms with Crippen LogP contribution in [0.1, 0.15) is 34.6 Å². The van der Waals surface area contributed by atoms with Gasteiger partial charge in [0.25, 0.3) is 0 Å². The smallest absolute Gasteiger partial charge is 0.324 e. The highest BCUT2D eigenvalue weighted by Crippen LogP contribution is 2.44. The molecule has 1 aliphatic heterocycles. The van der Waals surface area contributed by atoms with Gasteiger partial charge in [-0.2, -0.15) is 0 Å². The number of ether oxygens (including phenoxy) is 1. The topological polar surface area (TPSA) is 38.3 Å². The van der Waals surface area contributed by atoms with Crippen LogP contribution < -0.4 is 5.32 Å². The summed E-state index contributed by atoms with van der Waals surface area (Å²) in [7, 11) is 0. The molecule has 1 heterocycles. The van der Waals surface area contributed by atoms with E-state index in [1.54, 1.807) is 11.8 Å². The molecule has 0 radical (unpaired) electrons. The van der Waals surface area contributed by atoms with Gasteiger partial charge >= 0.3 is 5.97 Å². The van der Waals surface area contributed by atoms with E-state index in [-0.39, 0.29) is 21.6 Å². The molecule has 14 heavy (non-hydrogen) atoms. The van der Waals surface area contributed by atoms with Crippen LogP contribution in [0.15, 0.2) is 0 Å². The molecule has 0 amide bonds. The van der Waals surface area contributed by atoms with Crippen LogP contribution in [0, 0.1) is 0 Å². The Morgan fingerprint density at radius 3 is 2.36 bits per heavy atom. The first kappa shape index (κ1) is 11.9. The molecule has 0 aromatic carbocycles. The Labute approximate surface area is 90.0 Å². The summed E-state index contributed by atoms with van der Waals surface area (Å²) in [5, 5.41) is 3.29. The molecule has 1 N–H and O–H groups in total. The summed E-state index contributed by atoms with van der Waals surface area (Å²) in [6, 6.07) is -0.206. The monoisotopic (exact) mass is 217 g/mol. The molecule has 0 saturated carbocycles.